The number of carbonyl (C=O) groups excluding carboxylic acids is 1. The summed E-state index contributed by atoms with van der Waals surface area (Å²) in [6, 6.07) is 5.76. The van der Waals surface area contributed by atoms with Crippen LogP contribution in [0, 0.1) is 18.6 Å². The Balaban J connectivity index is 0.00000261. The Bertz CT molecular complexity index is 965. The monoisotopic (exact) mass is 396 g/mol. The molecule has 7 nitrogen and oxygen atoms in total. The van der Waals surface area contributed by atoms with Crippen LogP contribution in [0.15, 0.2) is 24.3 Å². The molecule has 0 aliphatic rings. The summed E-state index contributed by atoms with van der Waals surface area (Å²) in [5, 5.41) is 15.0. The first kappa shape index (κ1) is 20.6. The molecule has 27 heavy (non-hydrogen) atoms. The average molecular weight is 396 g/mol. The Morgan fingerprint density at radius 1 is 1.33 bits per heavy atom. The van der Waals surface area contributed by atoms with Crippen molar-refractivity contribution in [3.8, 4) is 0 Å². The number of aliphatic hydroxyl groups is 1. The first-order chi connectivity index (χ1) is 12.5. The third kappa shape index (κ3) is 4.35. The van der Waals surface area contributed by atoms with Crippen molar-refractivity contribution in [3.05, 3.63) is 47.0 Å². The lowest BCUT2D eigenvalue weighted by molar-refractivity contribution is 0.0169. The van der Waals surface area contributed by atoms with Crippen LogP contribution < -0.4 is 10.8 Å². The number of fused-ring (bicyclic) bond motifs is 1. The van der Waals surface area contributed by atoms with Gasteiger partial charge in [0, 0.05) is 0 Å². The van der Waals surface area contributed by atoms with E-state index in [1.807, 2.05) is 0 Å². The van der Waals surface area contributed by atoms with Gasteiger partial charge in [0.1, 0.15) is 11.3 Å². The maximum absolute atomic E-state index is 14.9. The van der Waals surface area contributed by atoms with Gasteiger partial charge in [-0.2, -0.15) is 0 Å². The van der Waals surface area contributed by atoms with Crippen molar-refractivity contribution in [2.24, 2.45) is 0 Å². The highest BCUT2D eigenvalue weighted by Gasteiger charge is 2.22. The van der Waals surface area contributed by atoms with E-state index in [4.69, 9.17) is 9.94 Å². The van der Waals surface area contributed by atoms with Crippen molar-refractivity contribution in [3.63, 3.8) is 0 Å². The first-order valence-corrected chi connectivity index (χ1v) is 8.29. The zero-order valence-electron chi connectivity index (χ0n) is 13.5. The number of nitrogens with one attached hydrogen (secondary N) is 2. The zero-order chi connectivity index (χ0) is 18.7. The van der Waals surface area contributed by atoms with Gasteiger partial charge >= 0.3 is 0 Å². The molecule has 3 aromatic rings. The number of amides is 1. The largest absolute Gasteiger partial charge is 0.394 e. The van der Waals surface area contributed by atoms with Crippen molar-refractivity contribution in [1.82, 2.24) is 15.1 Å². The lowest BCUT2D eigenvalue weighted by atomic mass is 10.1. The minimum Gasteiger partial charge on any atom is -0.394 e. The molecular weight excluding hydrogens is 378 g/mol. The topological polar surface area (TPSA) is 96.4 Å². The molecule has 144 valence electrons. The molecule has 3 N–H and O–H groups in total. The molecule has 0 unspecified atom stereocenters. The molecule has 2 aromatic carbocycles. The Kier molecular flexibility index (Phi) is 6.72. The van der Waals surface area contributed by atoms with Crippen molar-refractivity contribution >= 4 is 39.0 Å². The average Bonchev–Trinajstić information content (AvgIpc) is 3.08. The second kappa shape index (κ2) is 8.80. The minimum atomic E-state index is -0.830. The summed E-state index contributed by atoms with van der Waals surface area (Å²) < 4.78 is 33.0. The predicted octanol–water partition coefficient (Wildman–Crippen LogP) is 3.31. The molecular formula is C17H18F2N4O3S. The van der Waals surface area contributed by atoms with E-state index in [2.05, 4.69) is 20.4 Å². The molecule has 0 aliphatic carbocycles. The summed E-state index contributed by atoms with van der Waals surface area (Å²) in [6.45, 7) is 1.29. The first-order valence-electron chi connectivity index (χ1n) is 7.52. The Morgan fingerprint density at radius 3 is 2.81 bits per heavy atom. The molecule has 1 heterocycles. The Labute approximate surface area is 158 Å². The predicted molar refractivity (Wildman–Crippen MR) is 99.0 cm³/mol. The summed E-state index contributed by atoms with van der Waals surface area (Å²) in [6.07, 6.45) is 0. The molecule has 0 fully saturated rings. The highest BCUT2D eigenvalue weighted by Crippen LogP contribution is 2.32. The van der Waals surface area contributed by atoms with Gasteiger partial charge in [-0.25, -0.2) is 14.3 Å². The van der Waals surface area contributed by atoms with Crippen LogP contribution in [0.5, 0.6) is 0 Å². The molecule has 0 aliphatic heterocycles. The van der Waals surface area contributed by atoms with Gasteiger partial charge in [-0.3, -0.25) is 9.63 Å². The number of halogens is 2. The molecule has 0 radical (unpaired) electrons. The molecule has 0 saturated carbocycles. The number of aliphatic hydroxyl groups excluding tert-OH is 1. The molecule has 1 aromatic heterocycles. The van der Waals surface area contributed by atoms with E-state index in [1.54, 1.807) is 13.0 Å². The number of aromatic nitrogens is 2. The van der Waals surface area contributed by atoms with Crippen LogP contribution in [0.2, 0.25) is 0 Å². The number of rotatable bonds is 6. The summed E-state index contributed by atoms with van der Waals surface area (Å²) >= 11 is 0.918. The summed E-state index contributed by atoms with van der Waals surface area (Å²) in [7, 11) is 0. The normalized spacial score (nSPS) is 10.5. The minimum absolute atomic E-state index is 0. The quantitative estimate of drug-likeness (QED) is 0.437. The molecule has 0 atom stereocenters. The Morgan fingerprint density at radius 2 is 2.11 bits per heavy atom. The summed E-state index contributed by atoms with van der Waals surface area (Å²) in [4.78, 5) is 17.1. The fourth-order valence-corrected chi connectivity index (χ4v) is 2.86. The third-order valence-electron chi connectivity index (χ3n) is 3.47. The van der Waals surface area contributed by atoms with Crippen LogP contribution in [0.25, 0.3) is 10.2 Å². The lowest BCUT2D eigenvalue weighted by Gasteiger charge is -2.14. The van der Waals surface area contributed by atoms with Gasteiger partial charge in [0.15, 0.2) is 5.82 Å². The van der Waals surface area contributed by atoms with Crippen LogP contribution in [0.3, 0.4) is 0 Å². The maximum Gasteiger partial charge on any atom is 0.277 e. The molecule has 0 saturated heterocycles. The Hall–Kier alpha value is -2.69. The maximum atomic E-state index is 14.9. The highest BCUT2D eigenvalue weighted by atomic mass is 32.1. The van der Waals surface area contributed by atoms with Crippen molar-refractivity contribution in [2.45, 2.75) is 14.4 Å². The van der Waals surface area contributed by atoms with Crippen LogP contribution in [0.4, 0.5) is 20.2 Å². The van der Waals surface area contributed by atoms with Crippen molar-refractivity contribution in [1.29, 1.82) is 0 Å². The van der Waals surface area contributed by atoms with Gasteiger partial charge in [-0.05, 0) is 42.2 Å². The van der Waals surface area contributed by atoms with E-state index >= 15 is 0 Å². The van der Waals surface area contributed by atoms with Gasteiger partial charge in [0.2, 0.25) is 0 Å². The number of nitrogens with zero attached hydrogens (tertiary/aromatic N) is 2. The smallest absolute Gasteiger partial charge is 0.277 e. The number of anilines is 2. The summed E-state index contributed by atoms with van der Waals surface area (Å²) in [5.41, 5.74) is 2.40. The number of hydrogen-bond acceptors (Lipinski definition) is 7. The number of hydrogen-bond donors (Lipinski definition) is 3. The zero-order valence-corrected chi connectivity index (χ0v) is 14.4. The van der Waals surface area contributed by atoms with Gasteiger partial charge in [0.05, 0.1) is 34.9 Å². The van der Waals surface area contributed by atoms with E-state index in [-0.39, 0.29) is 43.1 Å². The van der Waals surface area contributed by atoms with Crippen LogP contribution in [-0.2, 0) is 4.84 Å². The third-order valence-corrected chi connectivity index (χ3v) is 4.14. The SMILES string of the molecule is C.Cc1ccc(Nc2c(C(=O)NOCCO)cc3snnc3c2F)c(F)c1. The number of carbonyl (C=O) groups is 1. The van der Waals surface area contributed by atoms with E-state index < -0.39 is 17.5 Å². The van der Waals surface area contributed by atoms with Crippen LogP contribution >= 0.6 is 11.5 Å². The molecule has 0 spiro atoms. The molecule has 0 bridgehead atoms. The second-order valence-corrected chi connectivity index (χ2v) is 6.13. The van der Waals surface area contributed by atoms with Gasteiger partial charge in [-0.15, -0.1) is 5.10 Å². The molecule has 3 rings (SSSR count). The van der Waals surface area contributed by atoms with E-state index in [1.165, 1.54) is 18.2 Å². The van der Waals surface area contributed by atoms with Crippen molar-refractivity contribution < 1.29 is 23.5 Å². The number of hydroxylamine groups is 1. The summed E-state index contributed by atoms with van der Waals surface area (Å²) in [5.74, 6) is -2.19. The van der Waals surface area contributed by atoms with Gasteiger partial charge < -0.3 is 10.4 Å². The van der Waals surface area contributed by atoms with Crippen LogP contribution in [-0.4, -0.2) is 33.8 Å². The van der Waals surface area contributed by atoms with Gasteiger partial charge in [-0.1, -0.05) is 18.0 Å². The number of aryl methyl sites for hydroxylation is 1. The number of benzene rings is 2. The van der Waals surface area contributed by atoms with Gasteiger partial charge in [0.25, 0.3) is 5.91 Å². The fraction of sp³-hybridized carbons (Fsp3) is 0.235. The second-order valence-electron chi connectivity index (χ2n) is 5.34. The van der Waals surface area contributed by atoms with E-state index in [0.717, 1.165) is 11.5 Å². The van der Waals surface area contributed by atoms with E-state index in [9.17, 15) is 13.6 Å². The lowest BCUT2D eigenvalue weighted by Crippen LogP contribution is -2.26. The molecule has 10 heteroatoms. The van der Waals surface area contributed by atoms with Crippen molar-refractivity contribution in [2.75, 3.05) is 18.5 Å². The standard InChI is InChI=1S/C16H14F2N4O3S.CH4/c1-8-2-3-11(10(17)6-8)19-14-9(16(24)21-25-5-4-23)7-12-15(13(14)18)20-22-26-12;/h2-3,6-7,19,23H,4-5H2,1H3,(H,21,24);1H4. The fourth-order valence-electron chi connectivity index (χ4n) is 2.26. The van der Waals surface area contributed by atoms with Crippen LogP contribution in [0.1, 0.15) is 23.3 Å². The van der Waals surface area contributed by atoms with E-state index in [0.29, 0.717) is 10.3 Å². The highest BCUT2D eigenvalue weighted by molar-refractivity contribution is 7.13. The molecule has 1 amide bonds.